The number of benzene rings is 1. The molecule has 1 fully saturated rings. The fourth-order valence-electron chi connectivity index (χ4n) is 2.11. The Morgan fingerprint density at radius 3 is 2.67 bits per heavy atom. The molecule has 0 aliphatic heterocycles. The average molecular weight is 310 g/mol. The number of rotatable bonds is 6. The molecule has 5 nitrogen and oxygen atoms in total. The lowest BCUT2D eigenvalue weighted by Gasteiger charge is -2.10. The van der Waals surface area contributed by atoms with Gasteiger partial charge in [0.2, 0.25) is 11.8 Å². The van der Waals surface area contributed by atoms with Crippen LogP contribution in [0.15, 0.2) is 24.3 Å². The van der Waals surface area contributed by atoms with Crippen LogP contribution in [0.3, 0.4) is 0 Å². The third-order valence-electron chi connectivity index (χ3n) is 3.41. The molecule has 0 heterocycles. The third-order valence-corrected chi connectivity index (χ3v) is 3.65. The molecule has 114 valence electrons. The van der Waals surface area contributed by atoms with Crippen molar-refractivity contribution in [1.82, 2.24) is 10.2 Å². The van der Waals surface area contributed by atoms with Gasteiger partial charge in [0.25, 0.3) is 0 Å². The van der Waals surface area contributed by atoms with Crippen LogP contribution >= 0.6 is 11.6 Å². The monoisotopic (exact) mass is 309 g/mol. The molecule has 2 amide bonds. The van der Waals surface area contributed by atoms with Gasteiger partial charge in [-0.15, -0.1) is 0 Å². The minimum Gasteiger partial charge on any atom is -0.355 e. The van der Waals surface area contributed by atoms with Gasteiger partial charge in [-0.25, -0.2) is 0 Å². The van der Waals surface area contributed by atoms with Gasteiger partial charge in [-0.1, -0.05) is 17.7 Å². The van der Waals surface area contributed by atoms with Gasteiger partial charge in [-0.3, -0.25) is 9.59 Å². The van der Waals surface area contributed by atoms with E-state index in [1.54, 1.807) is 24.3 Å². The first kappa shape index (κ1) is 15.8. The number of nitrogens with zero attached hydrogens (tertiary/aromatic N) is 1. The van der Waals surface area contributed by atoms with Gasteiger partial charge in [0.05, 0.1) is 11.8 Å². The van der Waals surface area contributed by atoms with E-state index in [4.69, 9.17) is 11.6 Å². The highest BCUT2D eigenvalue weighted by Gasteiger charge is 2.47. The largest absolute Gasteiger partial charge is 0.355 e. The predicted octanol–water partition coefficient (Wildman–Crippen LogP) is 1.59. The normalized spacial score (nSPS) is 20.2. The highest BCUT2D eigenvalue weighted by atomic mass is 35.5. The van der Waals surface area contributed by atoms with Crippen LogP contribution in [0.5, 0.6) is 0 Å². The molecule has 0 saturated heterocycles. The molecule has 2 atom stereocenters. The summed E-state index contributed by atoms with van der Waals surface area (Å²) >= 11 is 5.87. The number of carbonyl (C=O) groups excluding carboxylic acids is 2. The second kappa shape index (κ2) is 6.91. The smallest absolute Gasteiger partial charge is 0.228 e. The molecule has 2 rings (SSSR count). The van der Waals surface area contributed by atoms with E-state index >= 15 is 0 Å². The van der Waals surface area contributed by atoms with Crippen LogP contribution in [0.1, 0.15) is 6.42 Å². The second-order valence-electron chi connectivity index (χ2n) is 5.54. The molecule has 1 aromatic rings. The topological polar surface area (TPSA) is 61.4 Å². The summed E-state index contributed by atoms with van der Waals surface area (Å²) in [7, 11) is 3.90. The molecule has 1 saturated carbocycles. The Morgan fingerprint density at radius 1 is 1.29 bits per heavy atom. The average Bonchev–Trinajstić information content (AvgIpc) is 3.18. The van der Waals surface area contributed by atoms with Gasteiger partial charge in [0, 0.05) is 23.8 Å². The zero-order valence-corrected chi connectivity index (χ0v) is 13.0. The van der Waals surface area contributed by atoms with Crippen molar-refractivity contribution in [3.8, 4) is 0 Å². The summed E-state index contributed by atoms with van der Waals surface area (Å²) in [5, 5.41) is 6.22. The SMILES string of the molecule is CN(C)CCNC(=O)C1CC1C(=O)Nc1cccc(Cl)c1. The number of hydrogen-bond acceptors (Lipinski definition) is 3. The van der Waals surface area contributed by atoms with Gasteiger partial charge in [-0.05, 0) is 38.7 Å². The maximum atomic E-state index is 12.0. The van der Waals surface area contributed by atoms with Crippen LogP contribution in [-0.4, -0.2) is 43.9 Å². The Hall–Kier alpha value is -1.59. The molecule has 0 spiro atoms. The number of amides is 2. The quantitative estimate of drug-likeness (QED) is 0.839. The van der Waals surface area contributed by atoms with Crippen molar-refractivity contribution < 1.29 is 9.59 Å². The van der Waals surface area contributed by atoms with Gasteiger partial charge in [0.1, 0.15) is 0 Å². The number of hydrogen-bond donors (Lipinski definition) is 2. The van der Waals surface area contributed by atoms with Crippen molar-refractivity contribution in [2.45, 2.75) is 6.42 Å². The van der Waals surface area contributed by atoms with E-state index in [0.717, 1.165) is 6.54 Å². The second-order valence-corrected chi connectivity index (χ2v) is 5.98. The third kappa shape index (κ3) is 4.72. The number of likely N-dealkylation sites (N-methyl/N-ethyl adjacent to an activating group) is 1. The number of nitrogens with one attached hydrogen (secondary N) is 2. The van der Waals surface area contributed by atoms with Gasteiger partial charge in [-0.2, -0.15) is 0 Å². The van der Waals surface area contributed by atoms with E-state index in [0.29, 0.717) is 23.7 Å². The lowest BCUT2D eigenvalue weighted by atomic mass is 10.2. The Kier molecular flexibility index (Phi) is 5.20. The van der Waals surface area contributed by atoms with E-state index < -0.39 is 0 Å². The Bertz CT molecular complexity index is 533. The minimum absolute atomic E-state index is 0.0388. The van der Waals surface area contributed by atoms with E-state index in [2.05, 4.69) is 10.6 Å². The van der Waals surface area contributed by atoms with E-state index in [-0.39, 0.29) is 23.7 Å². The van der Waals surface area contributed by atoms with Crippen LogP contribution in [0.4, 0.5) is 5.69 Å². The fourth-order valence-corrected chi connectivity index (χ4v) is 2.30. The van der Waals surface area contributed by atoms with Crippen molar-refractivity contribution in [2.75, 3.05) is 32.5 Å². The van der Waals surface area contributed by atoms with Crippen LogP contribution in [0, 0.1) is 11.8 Å². The number of carbonyl (C=O) groups is 2. The zero-order chi connectivity index (χ0) is 15.4. The first-order valence-corrected chi connectivity index (χ1v) is 7.34. The summed E-state index contributed by atoms with van der Waals surface area (Å²) < 4.78 is 0. The lowest BCUT2D eigenvalue weighted by molar-refractivity contribution is -0.125. The molecule has 1 aliphatic carbocycles. The first-order chi connectivity index (χ1) is 9.97. The lowest BCUT2D eigenvalue weighted by Crippen LogP contribution is -2.33. The standard InChI is InChI=1S/C15H20ClN3O2/c1-19(2)7-6-17-14(20)12-9-13(12)15(21)18-11-5-3-4-10(16)8-11/h3-5,8,12-13H,6-7,9H2,1-2H3,(H,17,20)(H,18,21). The highest BCUT2D eigenvalue weighted by molar-refractivity contribution is 6.30. The molecular weight excluding hydrogens is 290 g/mol. The Balaban J connectivity index is 1.77. The predicted molar refractivity (Wildman–Crippen MR) is 83.2 cm³/mol. The summed E-state index contributed by atoms with van der Waals surface area (Å²) in [6.45, 7) is 1.39. The zero-order valence-electron chi connectivity index (χ0n) is 12.2. The van der Waals surface area contributed by atoms with Crippen LogP contribution in [0.2, 0.25) is 5.02 Å². The Morgan fingerprint density at radius 2 is 2.00 bits per heavy atom. The molecule has 6 heteroatoms. The maximum Gasteiger partial charge on any atom is 0.228 e. The minimum atomic E-state index is -0.233. The summed E-state index contributed by atoms with van der Waals surface area (Å²) in [5.41, 5.74) is 0.658. The van der Waals surface area contributed by atoms with Crippen molar-refractivity contribution in [1.29, 1.82) is 0 Å². The van der Waals surface area contributed by atoms with Crippen molar-refractivity contribution in [3.05, 3.63) is 29.3 Å². The Labute approximate surface area is 129 Å². The van der Waals surface area contributed by atoms with Crippen molar-refractivity contribution in [3.63, 3.8) is 0 Å². The summed E-state index contributed by atoms with van der Waals surface area (Å²) in [5.74, 6) is -0.595. The molecule has 1 aliphatic rings. The summed E-state index contributed by atoms with van der Waals surface area (Å²) in [4.78, 5) is 25.9. The molecular formula is C15H20ClN3O2. The fraction of sp³-hybridized carbons (Fsp3) is 0.467. The molecule has 0 aromatic heterocycles. The maximum absolute atomic E-state index is 12.0. The summed E-state index contributed by atoms with van der Waals surface area (Å²) in [6.07, 6.45) is 0.611. The number of halogens is 1. The van der Waals surface area contributed by atoms with Gasteiger partial charge < -0.3 is 15.5 Å². The first-order valence-electron chi connectivity index (χ1n) is 6.96. The molecule has 21 heavy (non-hydrogen) atoms. The molecule has 1 aromatic carbocycles. The number of anilines is 1. The van der Waals surface area contributed by atoms with Crippen LogP contribution in [0.25, 0.3) is 0 Å². The van der Waals surface area contributed by atoms with E-state index in [1.807, 2.05) is 19.0 Å². The van der Waals surface area contributed by atoms with Crippen molar-refractivity contribution in [2.24, 2.45) is 11.8 Å². The molecule has 2 unspecified atom stereocenters. The molecule has 0 bridgehead atoms. The molecule has 2 N–H and O–H groups in total. The van der Waals surface area contributed by atoms with Gasteiger partial charge >= 0.3 is 0 Å². The van der Waals surface area contributed by atoms with Gasteiger partial charge in [0.15, 0.2) is 0 Å². The van der Waals surface area contributed by atoms with E-state index in [1.165, 1.54) is 0 Å². The highest BCUT2D eigenvalue weighted by Crippen LogP contribution is 2.39. The van der Waals surface area contributed by atoms with Crippen LogP contribution in [-0.2, 0) is 9.59 Å². The molecule has 0 radical (unpaired) electrons. The van der Waals surface area contributed by atoms with Crippen LogP contribution < -0.4 is 10.6 Å². The van der Waals surface area contributed by atoms with E-state index in [9.17, 15) is 9.59 Å². The van der Waals surface area contributed by atoms with Crippen molar-refractivity contribution >= 4 is 29.1 Å². The summed E-state index contributed by atoms with van der Waals surface area (Å²) in [6, 6.07) is 6.98.